The van der Waals surface area contributed by atoms with Gasteiger partial charge in [-0.05, 0) is 18.6 Å². The van der Waals surface area contributed by atoms with Crippen LogP contribution in [0.2, 0.25) is 0 Å². The average Bonchev–Trinajstić information content (AvgIpc) is 3.21. The first-order chi connectivity index (χ1) is 11.5. The van der Waals surface area contributed by atoms with Gasteiger partial charge in [0.1, 0.15) is 22.6 Å². The number of thiazole rings is 1. The average molecular weight is 348 g/mol. The zero-order valence-electron chi connectivity index (χ0n) is 13.1. The molecule has 2 amide bonds. The van der Waals surface area contributed by atoms with Crippen molar-refractivity contribution in [1.29, 1.82) is 0 Å². The lowest BCUT2D eigenvalue weighted by atomic mass is 10.2. The third-order valence-electron chi connectivity index (χ3n) is 4.05. The molecular formula is C16H17FN4O2S. The molecule has 1 aliphatic heterocycles. The van der Waals surface area contributed by atoms with Crippen LogP contribution in [-0.4, -0.2) is 41.3 Å². The number of nitrogens with zero attached hydrogens (tertiary/aromatic N) is 3. The van der Waals surface area contributed by atoms with Gasteiger partial charge in [0.15, 0.2) is 0 Å². The number of rotatable bonds is 4. The monoisotopic (exact) mass is 348 g/mol. The second-order valence-electron chi connectivity index (χ2n) is 5.49. The number of nitrogens with two attached hydrogens (primary N) is 1. The van der Waals surface area contributed by atoms with Gasteiger partial charge in [-0.15, -0.1) is 11.3 Å². The third kappa shape index (κ3) is 2.90. The van der Waals surface area contributed by atoms with Crippen LogP contribution in [-0.2, 0) is 11.3 Å². The minimum Gasteiger partial charge on any atom is -0.328 e. The van der Waals surface area contributed by atoms with Crippen molar-refractivity contribution < 1.29 is 14.0 Å². The summed E-state index contributed by atoms with van der Waals surface area (Å²) in [7, 11) is 1.57. The Hall–Kier alpha value is -2.32. The molecule has 3 rings (SSSR count). The van der Waals surface area contributed by atoms with Crippen LogP contribution in [0.3, 0.4) is 0 Å². The van der Waals surface area contributed by atoms with Gasteiger partial charge in [0.25, 0.3) is 5.91 Å². The number of hydrogen-bond acceptors (Lipinski definition) is 5. The number of hydrogen-bond donors (Lipinski definition) is 1. The van der Waals surface area contributed by atoms with E-state index in [0.29, 0.717) is 18.0 Å². The first kappa shape index (κ1) is 16.5. The van der Waals surface area contributed by atoms with Crippen LogP contribution in [0.5, 0.6) is 0 Å². The van der Waals surface area contributed by atoms with E-state index in [0.717, 1.165) is 0 Å². The van der Waals surface area contributed by atoms with Gasteiger partial charge < -0.3 is 15.5 Å². The Labute approximate surface area is 142 Å². The number of aromatic nitrogens is 1. The normalized spacial score (nSPS) is 17.4. The van der Waals surface area contributed by atoms with E-state index >= 15 is 0 Å². The highest BCUT2D eigenvalue weighted by molar-refractivity contribution is 7.09. The number of carbonyl (C=O) groups excluding carboxylic acids is 2. The summed E-state index contributed by atoms with van der Waals surface area (Å²) in [5.41, 5.74) is 6.03. The molecule has 2 heterocycles. The zero-order valence-corrected chi connectivity index (χ0v) is 13.9. The quantitative estimate of drug-likeness (QED) is 0.910. The Morgan fingerprint density at radius 1 is 1.50 bits per heavy atom. The highest BCUT2D eigenvalue weighted by Gasteiger charge is 2.38. The molecule has 1 atom stereocenters. The van der Waals surface area contributed by atoms with Crippen molar-refractivity contribution in [2.75, 3.05) is 18.5 Å². The van der Waals surface area contributed by atoms with E-state index in [1.54, 1.807) is 30.6 Å². The smallest absolute Gasteiger partial charge is 0.273 e. The van der Waals surface area contributed by atoms with Crippen LogP contribution in [0.25, 0.3) is 0 Å². The van der Waals surface area contributed by atoms with Gasteiger partial charge in [-0.2, -0.15) is 0 Å². The summed E-state index contributed by atoms with van der Waals surface area (Å²) in [5, 5.41) is 2.30. The van der Waals surface area contributed by atoms with Crippen molar-refractivity contribution in [1.82, 2.24) is 9.88 Å². The van der Waals surface area contributed by atoms with Gasteiger partial charge in [-0.3, -0.25) is 9.59 Å². The van der Waals surface area contributed by atoms with E-state index in [9.17, 15) is 14.0 Å². The first-order valence-electron chi connectivity index (χ1n) is 7.50. The first-order valence-corrected chi connectivity index (χ1v) is 8.38. The fourth-order valence-electron chi connectivity index (χ4n) is 2.76. The van der Waals surface area contributed by atoms with E-state index in [-0.39, 0.29) is 29.7 Å². The number of benzene rings is 1. The van der Waals surface area contributed by atoms with Gasteiger partial charge in [0.2, 0.25) is 5.91 Å². The summed E-state index contributed by atoms with van der Waals surface area (Å²) in [6.45, 7) is 0.637. The van der Waals surface area contributed by atoms with E-state index in [1.165, 1.54) is 27.2 Å². The maximum atomic E-state index is 13.9. The van der Waals surface area contributed by atoms with Crippen LogP contribution in [0.1, 0.15) is 21.9 Å². The molecule has 1 aromatic heterocycles. The molecule has 126 valence electrons. The summed E-state index contributed by atoms with van der Waals surface area (Å²) in [5.74, 6) is -1.07. The Morgan fingerprint density at radius 2 is 2.25 bits per heavy atom. The number of para-hydroxylation sites is 1. The molecule has 1 aliphatic rings. The van der Waals surface area contributed by atoms with Crippen molar-refractivity contribution in [3.05, 3.63) is 46.2 Å². The molecule has 0 unspecified atom stereocenters. The molecule has 0 saturated carbocycles. The van der Waals surface area contributed by atoms with Gasteiger partial charge in [0, 0.05) is 25.5 Å². The second kappa shape index (κ2) is 6.66. The fraction of sp³-hybridized carbons (Fsp3) is 0.312. The highest BCUT2D eigenvalue weighted by atomic mass is 32.1. The molecule has 8 heteroatoms. The van der Waals surface area contributed by atoms with E-state index < -0.39 is 11.9 Å². The zero-order chi connectivity index (χ0) is 17.3. The molecule has 0 radical (unpaired) electrons. The highest BCUT2D eigenvalue weighted by Crippen LogP contribution is 2.27. The van der Waals surface area contributed by atoms with Crippen molar-refractivity contribution in [2.45, 2.75) is 19.0 Å². The maximum Gasteiger partial charge on any atom is 0.273 e. The Kier molecular flexibility index (Phi) is 4.59. The lowest BCUT2D eigenvalue weighted by Crippen LogP contribution is -2.43. The van der Waals surface area contributed by atoms with Crippen molar-refractivity contribution in [2.24, 2.45) is 5.73 Å². The van der Waals surface area contributed by atoms with E-state index in [1.807, 2.05) is 0 Å². The predicted octanol–water partition coefficient (Wildman–Crippen LogP) is 1.62. The Bertz CT molecular complexity index is 779. The second-order valence-corrected chi connectivity index (χ2v) is 6.44. The standard InChI is InChI=1S/C16H17FN4O2S/c1-20(15(22)11-9-24-14(8-18)19-11)13-6-7-21(16(13)23)12-5-3-2-4-10(12)17/h2-5,9,13H,6-8,18H2,1H3/t13-/m0/s1. The molecular weight excluding hydrogens is 331 g/mol. The molecule has 2 N–H and O–H groups in total. The number of anilines is 1. The minimum absolute atomic E-state index is 0.241. The van der Waals surface area contributed by atoms with Crippen molar-refractivity contribution >= 4 is 28.8 Å². The molecule has 1 aromatic carbocycles. The van der Waals surface area contributed by atoms with Gasteiger partial charge in [-0.1, -0.05) is 12.1 Å². The van der Waals surface area contributed by atoms with Gasteiger partial charge >= 0.3 is 0 Å². The Balaban J connectivity index is 1.77. The predicted molar refractivity (Wildman–Crippen MR) is 89.3 cm³/mol. The minimum atomic E-state index is -0.625. The molecule has 1 fully saturated rings. The molecule has 24 heavy (non-hydrogen) atoms. The van der Waals surface area contributed by atoms with Crippen LogP contribution < -0.4 is 10.6 Å². The summed E-state index contributed by atoms with van der Waals surface area (Å²) < 4.78 is 13.9. The van der Waals surface area contributed by atoms with Crippen LogP contribution in [0.4, 0.5) is 10.1 Å². The summed E-state index contributed by atoms with van der Waals surface area (Å²) >= 11 is 1.31. The van der Waals surface area contributed by atoms with Gasteiger partial charge in [0.05, 0.1) is 5.69 Å². The number of amides is 2. The number of halogens is 1. The molecule has 0 bridgehead atoms. The largest absolute Gasteiger partial charge is 0.328 e. The summed E-state index contributed by atoms with van der Waals surface area (Å²) in [6.07, 6.45) is 0.448. The number of likely N-dealkylation sites (N-methyl/N-ethyl adjacent to an activating group) is 1. The SMILES string of the molecule is CN(C(=O)c1csc(CN)n1)[C@H]1CCN(c2ccccc2F)C1=O. The number of carbonyl (C=O) groups is 2. The lowest BCUT2D eigenvalue weighted by molar-refractivity contribution is -0.120. The summed E-state index contributed by atoms with van der Waals surface area (Å²) in [4.78, 5) is 32.0. The van der Waals surface area contributed by atoms with Crippen LogP contribution >= 0.6 is 11.3 Å². The molecule has 6 nitrogen and oxygen atoms in total. The molecule has 1 saturated heterocycles. The molecule has 2 aromatic rings. The van der Waals surface area contributed by atoms with Gasteiger partial charge in [-0.25, -0.2) is 9.37 Å². The third-order valence-corrected chi connectivity index (χ3v) is 4.92. The van der Waals surface area contributed by atoms with Crippen LogP contribution in [0.15, 0.2) is 29.6 Å². The lowest BCUT2D eigenvalue weighted by Gasteiger charge is -2.23. The van der Waals surface area contributed by atoms with E-state index in [4.69, 9.17) is 5.73 Å². The van der Waals surface area contributed by atoms with Crippen molar-refractivity contribution in [3.8, 4) is 0 Å². The molecule has 0 aliphatic carbocycles. The van der Waals surface area contributed by atoms with Crippen LogP contribution in [0, 0.1) is 5.82 Å². The Morgan fingerprint density at radius 3 is 2.92 bits per heavy atom. The molecule has 0 spiro atoms. The topological polar surface area (TPSA) is 79.5 Å². The van der Waals surface area contributed by atoms with E-state index in [2.05, 4.69) is 4.98 Å². The van der Waals surface area contributed by atoms with Crippen molar-refractivity contribution in [3.63, 3.8) is 0 Å². The maximum absolute atomic E-state index is 13.9. The summed E-state index contributed by atoms with van der Waals surface area (Å²) in [6, 6.07) is 5.50. The fourth-order valence-corrected chi connectivity index (χ4v) is 3.41.